The van der Waals surface area contributed by atoms with E-state index in [0.29, 0.717) is 18.7 Å². The first-order chi connectivity index (χ1) is 11.6. The SMILES string of the molecule is CCOC(=O)CNC(=O)CCc1conc1-c1ccc(OC)cc1. The lowest BCUT2D eigenvalue weighted by Crippen LogP contribution is -2.30. The molecule has 0 saturated heterocycles. The summed E-state index contributed by atoms with van der Waals surface area (Å²) in [4.78, 5) is 23.0. The van der Waals surface area contributed by atoms with Gasteiger partial charge in [0.15, 0.2) is 0 Å². The van der Waals surface area contributed by atoms with Crippen LogP contribution in [0.15, 0.2) is 35.1 Å². The van der Waals surface area contributed by atoms with Gasteiger partial charge in [-0.1, -0.05) is 5.16 Å². The van der Waals surface area contributed by atoms with Crippen molar-refractivity contribution in [3.8, 4) is 17.0 Å². The summed E-state index contributed by atoms with van der Waals surface area (Å²) >= 11 is 0. The number of nitrogens with zero attached hydrogens (tertiary/aromatic N) is 1. The summed E-state index contributed by atoms with van der Waals surface area (Å²) in [6.45, 7) is 1.88. The molecule has 7 nitrogen and oxygen atoms in total. The van der Waals surface area contributed by atoms with Crippen molar-refractivity contribution < 1.29 is 23.6 Å². The number of hydrogen-bond donors (Lipinski definition) is 1. The molecule has 0 saturated carbocycles. The molecule has 0 fully saturated rings. The van der Waals surface area contributed by atoms with Crippen molar-refractivity contribution in [1.29, 1.82) is 0 Å². The fourth-order valence-electron chi connectivity index (χ4n) is 2.14. The third-order valence-corrected chi connectivity index (χ3v) is 3.36. The molecule has 1 amide bonds. The lowest BCUT2D eigenvalue weighted by atomic mass is 10.0. The van der Waals surface area contributed by atoms with Gasteiger partial charge in [0.1, 0.15) is 24.3 Å². The van der Waals surface area contributed by atoms with Crippen molar-refractivity contribution in [2.75, 3.05) is 20.3 Å². The van der Waals surface area contributed by atoms with Gasteiger partial charge in [0, 0.05) is 17.5 Å². The number of ether oxygens (including phenoxy) is 2. The van der Waals surface area contributed by atoms with Crippen molar-refractivity contribution >= 4 is 11.9 Å². The van der Waals surface area contributed by atoms with Crippen LogP contribution in [0.5, 0.6) is 5.75 Å². The maximum atomic E-state index is 11.8. The number of esters is 1. The van der Waals surface area contributed by atoms with E-state index in [1.807, 2.05) is 24.3 Å². The van der Waals surface area contributed by atoms with Gasteiger partial charge in [-0.25, -0.2) is 0 Å². The van der Waals surface area contributed by atoms with Crippen LogP contribution in [0.3, 0.4) is 0 Å². The number of carbonyl (C=O) groups is 2. The third kappa shape index (κ3) is 4.84. The number of methoxy groups -OCH3 is 1. The fourth-order valence-corrected chi connectivity index (χ4v) is 2.14. The Morgan fingerprint density at radius 3 is 2.67 bits per heavy atom. The van der Waals surface area contributed by atoms with E-state index < -0.39 is 5.97 Å². The molecule has 0 aliphatic heterocycles. The van der Waals surface area contributed by atoms with Gasteiger partial charge in [0.05, 0.1) is 13.7 Å². The van der Waals surface area contributed by atoms with Crippen LogP contribution < -0.4 is 10.1 Å². The number of amides is 1. The Morgan fingerprint density at radius 1 is 1.25 bits per heavy atom. The lowest BCUT2D eigenvalue weighted by molar-refractivity contribution is -0.143. The number of aromatic nitrogens is 1. The predicted octanol–water partition coefficient (Wildman–Crippen LogP) is 1.96. The minimum absolute atomic E-state index is 0.123. The molecule has 1 N–H and O–H groups in total. The normalized spacial score (nSPS) is 10.2. The smallest absolute Gasteiger partial charge is 0.325 e. The van der Waals surface area contributed by atoms with Crippen LogP contribution >= 0.6 is 0 Å². The molecule has 0 atom stereocenters. The number of carbonyl (C=O) groups excluding carboxylic acids is 2. The fraction of sp³-hybridized carbons (Fsp3) is 0.353. The first-order valence-electron chi connectivity index (χ1n) is 7.64. The van der Waals surface area contributed by atoms with Crippen LogP contribution in [0.4, 0.5) is 0 Å². The first kappa shape index (κ1) is 17.5. The van der Waals surface area contributed by atoms with Gasteiger partial charge in [-0.05, 0) is 37.6 Å². The highest BCUT2D eigenvalue weighted by Crippen LogP contribution is 2.25. The maximum Gasteiger partial charge on any atom is 0.325 e. The Kier molecular flexibility index (Phi) is 6.36. The van der Waals surface area contributed by atoms with Crippen molar-refractivity contribution in [3.63, 3.8) is 0 Å². The Hall–Kier alpha value is -2.83. The molecule has 0 radical (unpaired) electrons. The van der Waals surface area contributed by atoms with E-state index >= 15 is 0 Å². The van der Waals surface area contributed by atoms with Crippen molar-refractivity contribution in [1.82, 2.24) is 10.5 Å². The third-order valence-electron chi connectivity index (χ3n) is 3.36. The second kappa shape index (κ2) is 8.71. The van der Waals surface area contributed by atoms with Gasteiger partial charge < -0.3 is 19.3 Å². The number of hydrogen-bond acceptors (Lipinski definition) is 6. The zero-order chi connectivity index (χ0) is 17.4. The summed E-state index contributed by atoms with van der Waals surface area (Å²) in [5, 5.41) is 6.52. The molecule has 1 aromatic heterocycles. The quantitative estimate of drug-likeness (QED) is 0.743. The Balaban J connectivity index is 1.91. The van der Waals surface area contributed by atoms with E-state index in [1.165, 1.54) is 6.26 Å². The molecule has 2 aromatic rings. The number of aryl methyl sites for hydroxylation is 1. The Morgan fingerprint density at radius 2 is 2.00 bits per heavy atom. The summed E-state index contributed by atoms with van der Waals surface area (Å²) in [6, 6.07) is 7.42. The van der Waals surface area contributed by atoms with E-state index in [4.69, 9.17) is 14.0 Å². The van der Waals surface area contributed by atoms with E-state index in [0.717, 1.165) is 16.9 Å². The zero-order valence-corrected chi connectivity index (χ0v) is 13.7. The van der Waals surface area contributed by atoms with Crippen LogP contribution in [0.25, 0.3) is 11.3 Å². The second-order valence-electron chi connectivity index (χ2n) is 5.00. The maximum absolute atomic E-state index is 11.8. The van der Waals surface area contributed by atoms with Crippen molar-refractivity contribution in [3.05, 3.63) is 36.1 Å². The highest BCUT2D eigenvalue weighted by molar-refractivity contribution is 5.82. The van der Waals surface area contributed by atoms with E-state index in [-0.39, 0.29) is 18.9 Å². The van der Waals surface area contributed by atoms with Gasteiger partial charge >= 0.3 is 5.97 Å². The molecule has 0 bridgehead atoms. The Labute approximate surface area is 139 Å². The number of benzene rings is 1. The summed E-state index contributed by atoms with van der Waals surface area (Å²) in [6.07, 6.45) is 2.21. The molecule has 1 heterocycles. The summed E-state index contributed by atoms with van der Waals surface area (Å²) in [5.74, 6) is 0.0711. The van der Waals surface area contributed by atoms with Crippen LogP contribution in [-0.2, 0) is 20.7 Å². The van der Waals surface area contributed by atoms with Crippen molar-refractivity contribution in [2.45, 2.75) is 19.8 Å². The van der Waals surface area contributed by atoms with E-state index in [1.54, 1.807) is 14.0 Å². The van der Waals surface area contributed by atoms with Gasteiger partial charge in [-0.3, -0.25) is 9.59 Å². The van der Waals surface area contributed by atoms with Crippen LogP contribution in [-0.4, -0.2) is 37.3 Å². The first-order valence-corrected chi connectivity index (χ1v) is 7.64. The molecule has 0 spiro atoms. The number of rotatable bonds is 8. The molecule has 0 aliphatic rings. The molecule has 2 rings (SSSR count). The zero-order valence-electron chi connectivity index (χ0n) is 13.7. The van der Waals surface area contributed by atoms with Gasteiger partial charge in [-0.2, -0.15) is 0 Å². The van der Waals surface area contributed by atoms with Gasteiger partial charge in [0.25, 0.3) is 0 Å². The molecule has 24 heavy (non-hydrogen) atoms. The molecular weight excluding hydrogens is 312 g/mol. The average Bonchev–Trinajstić information content (AvgIpc) is 3.07. The standard InChI is InChI=1S/C17H20N2O5/c1-3-23-16(21)10-18-15(20)9-6-13-11-24-19-17(13)12-4-7-14(22-2)8-5-12/h4-5,7-8,11H,3,6,9-10H2,1-2H3,(H,18,20). The molecule has 0 unspecified atom stereocenters. The van der Waals surface area contributed by atoms with Crippen molar-refractivity contribution in [2.24, 2.45) is 0 Å². The molecule has 128 valence electrons. The second-order valence-corrected chi connectivity index (χ2v) is 5.00. The van der Waals surface area contributed by atoms with Crippen LogP contribution in [0.2, 0.25) is 0 Å². The van der Waals surface area contributed by atoms with Gasteiger partial charge in [0.2, 0.25) is 5.91 Å². The predicted molar refractivity (Wildman–Crippen MR) is 86.5 cm³/mol. The molecular formula is C17H20N2O5. The number of nitrogens with one attached hydrogen (secondary N) is 1. The van der Waals surface area contributed by atoms with Crippen LogP contribution in [0.1, 0.15) is 18.9 Å². The van der Waals surface area contributed by atoms with E-state index in [2.05, 4.69) is 10.5 Å². The highest BCUT2D eigenvalue weighted by Gasteiger charge is 2.13. The van der Waals surface area contributed by atoms with E-state index in [9.17, 15) is 9.59 Å². The van der Waals surface area contributed by atoms with Crippen LogP contribution in [0, 0.1) is 0 Å². The average molecular weight is 332 g/mol. The largest absolute Gasteiger partial charge is 0.497 e. The lowest BCUT2D eigenvalue weighted by Gasteiger charge is -2.05. The monoisotopic (exact) mass is 332 g/mol. The minimum Gasteiger partial charge on any atom is -0.497 e. The molecule has 0 aliphatic carbocycles. The van der Waals surface area contributed by atoms with Gasteiger partial charge in [-0.15, -0.1) is 0 Å². The summed E-state index contributed by atoms with van der Waals surface area (Å²) < 4.78 is 14.9. The topological polar surface area (TPSA) is 90.7 Å². The molecule has 7 heteroatoms. The minimum atomic E-state index is -0.449. The summed E-state index contributed by atoms with van der Waals surface area (Å²) in [7, 11) is 1.60. The molecule has 1 aromatic carbocycles. The highest BCUT2D eigenvalue weighted by atomic mass is 16.5. The Bertz CT molecular complexity index is 679. The summed E-state index contributed by atoms with van der Waals surface area (Å²) in [5.41, 5.74) is 2.40.